The molecule has 0 atom stereocenters. The second-order valence-electron chi connectivity index (χ2n) is 1.14. The zero-order valence-electron chi connectivity index (χ0n) is 3.36. The van der Waals surface area contributed by atoms with Gasteiger partial charge >= 0.3 is 0 Å². The summed E-state index contributed by atoms with van der Waals surface area (Å²) in [4.78, 5) is 0. The second-order valence-corrected chi connectivity index (χ2v) is 1.32. The molecular weight excluding hydrogens is 87.5 g/mol. The number of hydrogen-bond donors (Lipinski definition) is 0. The smallest absolute Gasteiger partial charge is 0.0734 e. The van der Waals surface area contributed by atoms with Crippen LogP contribution in [-0.4, -0.2) is 6.10 Å². The summed E-state index contributed by atoms with van der Waals surface area (Å²) < 4.78 is 4.22. The van der Waals surface area contributed by atoms with Crippen molar-refractivity contribution in [2.45, 2.75) is 20.0 Å². The Kier molecular flexibility index (Phi) is 2.61. The summed E-state index contributed by atoms with van der Waals surface area (Å²) in [6.45, 7) is 3.74. The van der Waals surface area contributed by atoms with Gasteiger partial charge in [-0.05, 0) is 13.8 Å². The summed E-state index contributed by atoms with van der Waals surface area (Å²) in [5.74, 6) is 0. The van der Waals surface area contributed by atoms with E-state index in [-0.39, 0.29) is 6.10 Å². The van der Waals surface area contributed by atoms with E-state index in [1.54, 1.807) is 0 Å². The third kappa shape index (κ3) is 4.25. The highest BCUT2D eigenvalue weighted by Gasteiger charge is 1.81. The van der Waals surface area contributed by atoms with Crippen LogP contribution in [0.3, 0.4) is 0 Å². The van der Waals surface area contributed by atoms with Gasteiger partial charge in [-0.1, -0.05) is 0 Å². The Balaban J connectivity index is 2.54. The van der Waals surface area contributed by atoms with E-state index in [0.29, 0.717) is 0 Å². The molecule has 0 aliphatic heterocycles. The lowest BCUT2D eigenvalue weighted by molar-refractivity contribution is 0.269. The number of halogens is 1. The molecule has 0 spiro atoms. The summed E-state index contributed by atoms with van der Waals surface area (Å²) in [6, 6.07) is 0. The molecule has 0 saturated heterocycles. The molecule has 0 rings (SSSR count). The monoisotopic (exact) mass is 94.0 g/mol. The van der Waals surface area contributed by atoms with Crippen molar-refractivity contribution < 1.29 is 4.29 Å². The van der Waals surface area contributed by atoms with Gasteiger partial charge in [0.2, 0.25) is 0 Å². The van der Waals surface area contributed by atoms with Crippen molar-refractivity contribution in [2.75, 3.05) is 0 Å². The van der Waals surface area contributed by atoms with E-state index in [4.69, 9.17) is 11.9 Å². The molecule has 0 radical (unpaired) electrons. The molecule has 0 heterocycles. The quantitative estimate of drug-likeness (QED) is 0.479. The summed E-state index contributed by atoms with van der Waals surface area (Å²) in [6.07, 6.45) is 0.150. The highest BCUT2D eigenvalue weighted by molar-refractivity contribution is 6.07. The minimum absolute atomic E-state index is 0.150. The molecule has 0 aromatic rings. The van der Waals surface area contributed by atoms with Crippen LogP contribution in [0.1, 0.15) is 13.8 Å². The Labute approximate surface area is 37.1 Å². The standard InChI is InChI=1S/C3H7ClO/c1-3(2)5-4/h3H,1-2H3. The first-order valence-corrected chi connectivity index (χ1v) is 1.85. The van der Waals surface area contributed by atoms with E-state index in [9.17, 15) is 0 Å². The molecule has 0 unspecified atom stereocenters. The Bertz CT molecular complexity index is 20.9. The maximum absolute atomic E-state index is 4.84. The van der Waals surface area contributed by atoms with E-state index in [2.05, 4.69) is 4.29 Å². The molecule has 0 fully saturated rings. The Morgan fingerprint density at radius 3 is 1.80 bits per heavy atom. The molecule has 32 valence electrons. The fraction of sp³-hybridized carbons (Fsp3) is 1.00. The van der Waals surface area contributed by atoms with Crippen LogP contribution in [0.2, 0.25) is 0 Å². The van der Waals surface area contributed by atoms with Gasteiger partial charge in [0.1, 0.15) is 0 Å². The fourth-order valence-corrected chi connectivity index (χ4v) is 0. The Hall–Kier alpha value is 0.250. The number of hydrogen-bond acceptors (Lipinski definition) is 1. The van der Waals surface area contributed by atoms with Gasteiger partial charge in [0, 0.05) is 0 Å². The zero-order chi connectivity index (χ0) is 4.28. The minimum Gasteiger partial charge on any atom is -0.276 e. The van der Waals surface area contributed by atoms with E-state index in [0.717, 1.165) is 0 Å². The lowest BCUT2D eigenvalue weighted by Gasteiger charge is -1.90. The van der Waals surface area contributed by atoms with Crippen LogP contribution in [0, 0.1) is 0 Å². The molecule has 0 aliphatic carbocycles. The van der Waals surface area contributed by atoms with Gasteiger partial charge in [-0.3, -0.25) is 4.29 Å². The molecule has 1 nitrogen and oxygen atoms in total. The molecule has 0 aliphatic rings. The summed E-state index contributed by atoms with van der Waals surface area (Å²) in [5.41, 5.74) is 0. The van der Waals surface area contributed by atoms with Crippen molar-refractivity contribution >= 4 is 11.9 Å². The maximum Gasteiger partial charge on any atom is 0.0734 e. The maximum atomic E-state index is 4.84. The highest BCUT2D eigenvalue weighted by Crippen LogP contribution is 1.87. The second kappa shape index (κ2) is 2.49. The van der Waals surface area contributed by atoms with Crippen molar-refractivity contribution in [3.05, 3.63) is 0 Å². The van der Waals surface area contributed by atoms with Gasteiger partial charge < -0.3 is 0 Å². The van der Waals surface area contributed by atoms with Crippen molar-refractivity contribution in [3.63, 3.8) is 0 Å². The molecule has 0 amide bonds. The van der Waals surface area contributed by atoms with E-state index in [1.807, 2.05) is 13.8 Å². The minimum atomic E-state index is 0.150. The van der Waals surface area contributed by atoms with E-state index in [1.165, 1.54) is 0 Å². The van der Waals surface area contributed by atoms with Crippen molar-refractivity contribution in [1.82, 2.24) is 0 Å². The molecule has 0 saturated carbocycles. The molecule has 0 bridgehead atoms. The molecule has 0 N–H and O–H groups in total. The molecule has 5 heavy (non-hydrogen) atoms. The van der Waals surface area contributed by atoms with Gasteiger partial charge in [0.25, 0.3) is 0 Å². The van der Waals surface area contributed by atoms with Crippen LogP contribution < -0.4 is 0 Å². The van der Waals surface area contributed by atoms with Crippen LogP contribution in [0.25, 0.3) is 0 Å². The van der Waals surface area contributed by atoms with Crippen LogP contribution >= 0.6 is 11.9 Å². The third-order valence-corrected chi connectivity index (χ3v) is 0.535. The fourth-order valence-electron chi connectivity index (χ4n) is 0. The van der Waals surface area contributed by atoms with E-state index < -0.39 is 0 Å². The molecule has 2 heteroatoms. The van der Waals surface area contributed by atoms with Crippen LogP contribution in [0.5, 0.6) is 0 Å². The molecule has 0 aromatic carbocycles. The highest BCUT2D eigenvalue weighted by atomic mass is 35.5. The molecular formula is C3H7ClO. The van der Waals surface area contributed by atoms with E-state index >= 15 is 0 Å². The lowest BCUT2D eigenvalue weighted by atomic mass is 10.5. The predicted octanol–water partition coefficient (Wildman–Crippen LogP) is 1.57. The average molecular weight is 94.5 g/mol. The van der Waals surface area contributed by atoms with Gasteiger partial charge in [-0.2, -0.15) is 0 Å². The summed E-state index contributed by atoms with van der Waals surface area (Å²) in [7, 11) is 0. The first-order valence-electron chi connectivity index (χ1n) is 1.54. The van der Waals surface area contributed by atoms with Gasteiger partial charge in [-0.15, -0.1) is 0 Å². The van der Waals surface area contributed by atoms with Crippen molar-refractivity contribution in [2.24, 2.45) is 0 Å². The summed E-state index contributed by atoms with van der Waals surface area (Å²) >= 11 is 4.84. The lowest BCUT2D eigenvalue weighted by Crippen LogP contribution is -1.89. The normalized spacial score (nSPS) is 9.60. The Morgan fingerprint density at radius 2 is 1.80 bits per heavy atom. The van der Waals surface area contributed by atoms with Crippen LogP contribution in [0.4, 0.5) is 0 Å². The third-order valence-electron chi connectivity index (χ3n) is 0.178. The average Bonchev–Trinajstić information content (AvgIpc) is 1.38. The largest absolute Gasteiger partial charge is 0.276 e. The Morgan fingerprint density at radius 1 is 1.60 bits per heavy atom. The summed E-state index contributed by atoms with van der Waals surface area (Å²) in [5, 5.41) is 0. The number of rotatable bonds is 1. The zero-order valence-corrected chi connectivity index (χ0v) is 4.12. The van der Waals surface area contributed by atoms with Gasteiger partial charge in [0.15, 0.2) is 0 Å². The first kappa shape index (κ1) is 5.25. The molecule has 0 aromatic heterocycles. The topological polar surface area (TPSA) is 9.23 Å². The van der Waals surface area contributed by atoms with Gasteiger partial charge in [-0.25, -0.2) is 0 Å². The first-order chi connectivity index (χ1) is 2.27. The van der Waals surface area contributed by atoms with Crippen molar-refractivity contribution in [3.8, 4) is 0 Å². The predicted molar refractivity (Wildman–Crippen MR) is 22.1 cm³/mol. The van der Waals surface area contributed by atoms with Crippen molar-refractivity contribution in [1.29, 1.82) is 0 Å². The van der Waals surface area contributed by atoms with Gasteiger partial charge in [0.05, 0.1) is 18.0 Å². The SMILES string of the molecule is CC(C)OCl. The van der Waals surface area contributed by atoms with Crippen LogP contribution in [-0.2, 0) is 4.29 Å². The van der Waals surface area contributed by atoms with Crippen LogP contribution in [0.15, 0.2) is 0 Å².